The number of nitrogens with zero attached hydrogens (tertiary/aromatic N) is 2. The summed E-state index contributed by atoms with van der Waals surface area (Å²) in [6.45, 7) is 5.28. The summed E-state index contributed by atoms with van der Waals surface area (Å²) in [7, 11) is 1.64. The lowest BCUT2D eigenvalue weighted by atomic mass is 10.2. The summed E-state index contributed by atoms with van der Waals surface area (Å²) in [6.07, 6.45) is 1.88. The van der Waals surface area contributed by atoms with Crippen LogP contribution in [-0.4, -0.2) is 28.6 Å². The molecule has 0 radical (unpaired) electrons. The monoisotopic (exact) mass is 322 g/mol. The van der Waals surface area contributed by atoms with Crippen molar-refractivity contribution in [3.05, 3.63) is 34.4 Å². The molecule has 0 aliphatic heterocycles. The maximum absolute atomic E-state index is 5.59. The molecule has 22 heavy (non-hydrogen) atoms. The number of H-pyrrole nitrogens is 1. The van der Waals surface area contributed by atoms with Crippen LogP contribution in [0.25, 0.3) is 0 Å². The molecule has 0 atom stereocenters. The Kier molecular flexibility index (Phi) is 5.83. The molecular weight excluding hydrogens is 300 g/mol. The van der Waals surface area contributed by atoms with Gasteiger partial charge in [-0.3, -0.25) is 5.10 Å². The van der Waals surface area contributed by atoms with Gasteiger partial charge in [-0.15, -0.1) is 0 Å². The number of benzene rings is 1. The standard InChI is InChI=1S/C15H22N4O2S/c1-4-6-14-17-18-15(22)19(14)16-10-11-7-8-12(20-3)13(9-11)21-5-2/h7-9,16H,4-6,10H2,1-3H3,(H,18,22). The van der Waals surface area contributed by atoms with Crippen molar-refractivity contribution in [2.75, 3.05) is 19.1 Å². The Morgan fingerprint density at radius 3 is 2.82 bits per heavy atom. The predicted octanol–water partition coefficient (Wildman–Crippen LogP) is 3.04. The van der Waals surface area contributed by atoms with Crippen LogP contribution in [0.5, 0.6) is 11.5 Å². The van der Waals surface area contributed by atoms with E-state index in [0.717, 1.165) is 35.7 Å². The zero-order valence-electron chi connectivity index (χ0n) is 13.2. The first kappa shape index (κ1) is 16.4. The Hall–Kier alpha value is -2.02. The van der Waals surface area contributed by atoms with Crippen LogP contribution in [0, 0.1) is 4.77 Å². The van der Waals surface area contributed by atoms with Gasteiger partial charge in [-0.2, -0.15) is 5.10 Å². The summed E-state index contributed by atoms with van der Waals surface area (Å²) in [5.74, 6) is 2.39. The number of methoxy groups -OCH3 is 1. The molecule has 1 aromatic carbocycles. The molecule has 0 fully saturated rings. The van der Waals surface area contributed by atoms with Crippen molar-refractivity contribution < 1.29 is 9.47 Å². The van der Waals surface area contributed by atoms with Crippen molar-refractivity contribution in [2.45, 2.75) is 33.2 Å². The normalized spacial score (nSPS) is 10.5. The fraction of sp³-hybridized carbons (Fsp3) is 0.467. The van der Waals surface area contributed by atoms with Gasteiger partial charge in [0.15, 0.2) is 17.3 Å². The first-order chi connectivity index (χ1) is 10.7. The van der Waals surface area contributed by atoms with Gasteiger partial charge in [0, 0.05) is 6.42 Å². The van der Waals surface area contributed by atoms with Gasteiger partial charge < -0.3 is 14.9 Å². The summed E-state index contributed by atoms with van der Waals surface area (Å²) in [6, 6.07) is 5.87. The van der Waals surface area contributed by atoms with Crippen molar-refractivity contribution in [1.82, 2.24) is 14.9 Å². The molecule has 0 spiro atoms. The summed E-state index contributed by atoms with van der Waals surface area (Å²) in [5, 5.41) is 7.05. The van der Waals surface area contributed by atoms with Crippen LogP contribution in [0.2, 0.25) is 0 Å². The van der Waals surface area contributed by atoms with Gasteiger partial charge in [0.1, 0.15) is 0 Å². The average molecular weight is 322 g/mol. The van der Waals surface area contributed by atoms with Crippen LogP contribution in [0.1, 0.15) is 31.7 Å². The Balaban J connectivity index is 2.13. The number of hydrogen-bond donors (Lipinski definition) is 2. The second-order valence-electron chi connectivity index (χ2n) is 4.78. The molecule has 6 nitrogen and oxygen atoms in total. The fourth-order valence-corrected chi connectivity index (χ4v) is 2.37. The number of aromatic nitrogens is 3. The van der Waals surface area contributed by atoms with Crippen molar-refractivity contribution in [3.8, 4) is 11.5 Å². The van der Waals surface area contributed by atoms with Gasteiger partial charge in [0.25, 0.3) is 0 Å². The smallest absolute Gasteiger partial charge is 0.214 e. The number of ether oxygens (including phenoxy) is 2. The number of aromatic amines is 1. The molecule has 0 aliphatic carbocycles. The molecule has 1 heterocycles. The van der Waals surface area contributed by atoms with Crippen molar-refractivity contribution in [1.29, 1.82) is 0 Å². The van der Waals surface area contributed by atoms with Gasteiger partial charge in [0.2, 0.25) is 4.77 Å². The summed E-state index contributed by atoms with van der Waals surface area (Å²) >= 11 is 5.25. The molecule has 2 aromatic rings. The maximum Gasteiger partial charge on any atom is 0.214 e. The minimum Gasteiger partial charge on any atom is -0.493 e. The lowest BCUT2D eigenvalue weighted by molar-refractivity contribution is 0.310. The maximum atomic E-state index is 5.59. The molecule has 0 saturated carbocycles. The Morgan fingerprint density at radius 2 is 2.14 bits per heavy atom. The van der Waals surface area contributed by atoms with Crippen LogP contribution in [0.15, 0.2) is 18.2 Å². The first-order valence-corrected chi connectivity index (χ1v) is 7.80. The van der Waals surface area contributed by atoms with Crippen LogP contribution >= 0.6 is 12.2 Å². The molecule has 0 amide bonds. The van der Waals surface area contributed by atoms with E-state index in [2.05, 4.69) is 22.5 Å². The average Bonchev–Trinajstić information content (AvgIpc) is 2.86. The molecule has 0 bridgehead atoms. The third kappa shape index (κ3) is 3.79. The zero-order valence-corrected chi connectivity index (χ0v) is 14.0. The van der Waals surface area contributed by atoms with Crippen molar-refractivity contribution in [3.63, 3.8) is 0 Å². The molecule has 0 saturated heterocycles. The molecule has 2 rings (SSSR count). The van der Waals surface area contributed by atoms with Gasteiger partial charge in [-0.05, 0) is 43.3 Å². The number of nitrogens with one attached hydrogen (secondary N) is 2. The number of rotatable bonds is 8. The van der Waals surface area contributed by atoms with Gasteiger partial charge in [0.05, 0.1) is 20.3 Å². The van der Waals surface area contributed by atoms with Gasteiger partial charge in [-0.25, -0.2) is 4.68 Å². The molecule has 0 aliphatic rings. The Bertz CT molecular complexity index is 666. The van der Waals surface area contributed by atoms with E-state index in [1.807, 2.05) is 29.8 Å². The molecular formula is C15H22N4O2S. The van der Waals surface area contributed by atoms with E-state index in [0.29, 0.717) is 17.9 Å². The van der Waals surface area contributed by atoms with E-state index in [4.69, 9.17) is 21.7 Å². The van der Waals surface area contributed by atoms with Gasteiger partial charge in [-0.1, -0.05) is 13.0 Å². The quantitative estimate of drug-likeness (QED) is 0.731. The van der Waals surface area contributed by atoms with Crippen LogP contribution < -0.4 is 14.9 Å². The second kappa shape index (κ2) is 7.84. The number of aryl methyl sites for hydroxylation is 1. The first-order valence-electron chi connectivity index (χ1n) is 7.39. The van der Waals surface area contributed by atoms with E-state index < -0.39 is 0 Å². The van der Waals surface area contributed by atoms with E-state index in [1.165, 1.54) is 0 Å². The van der Waals surface area contributed by atoms with E-state index >= 15 is 0 Å². The molecule has 1 aromatic heterocycles. The third-order valence-corrected chi connectivity index (χ3v) is 3.46. The second-order valence-corrected chi connectivity index (χ2v) is 5.17. The minimum atomic E-state index is 0.571. The fourth-order valence-electron chi connectivity index (χ4n) is 2.15. The topological polar surface area (TPSA) is 64.1 Å². The summed E-state index contributed by atoms with van der Waals surface area (Å²) in [4.78, 5) is 0. The molecule has 0 unspecified atom stereocenters. The highest BCUT2D eigenvalue weighted by Crippen LogP contribution is 2.28. The highest BCUT2D eigenvalue weighted by Gasteiger charge is 2.07. The van der Waals surface area contributed by atoms with Crippen molar-refractivity contribution >= 4 is 12.2 Å². The Morgan fingerprint density at radius 1 is 1.32 bits per heavy atom. The van der Waals surface area contributed by atoms with E-state index in [9.17, 15) is 0 Å². The SMILES string of the molecule is CCCc1n[nH]c(=S)n1NCc1ccc(OC)c(OCC)c1. The summed E-state index contributed by atoms with van der Waals surface area (Å²) in [5.41, 5.74) is 4.37. The summed E-state index contributed by atoms with van der Waals surface area (Å²) < 4.78 is 13.3. The molecule has 120 valence electrons. The predicted molar refractivity (Wildman–Crippen MR) is 88.6 cm³/mol. The van der Waals surface area contributed by atoms with Crippen LogP contribution in [0.3, 0.4) is 0 Å². The highest BCUT2D eigenvalue weighted by molar-refractivity contribution is 7.71. The van der Waals surface area contributed by atoms with Crippen LogP contribution in [-0.2, 0) is 13.0 Å². The van der Waals surface area contributed by atoms with Crippen molar-refractivity contribution in [2.24, 2.45) is 0 Å². The van der Waals surface area contributed by atoms with Crippen LogP contribution in [0.4, 0.5) is 0 Å². The lowest BCUT2D eigenvalue weighted by Crippen LogP contribution is -2.17. The largest absolute Gasteiger partial charge is 0.493 e. The zero-order chi connectivity index (χ0) is 15.9. The van der Waals surface area contributed by atoms with Gasteiger partial charge >= 0.3 is 0 Å². The minimum absolute atomic E-state index is 0.571. The number of hydrogen-bond acceptors (Lipinski definition) is 5. The Labute approximate surface area is 135 Å². The highest BCUT2D eigenvalue weighted by atomic mass is 32.1. The lowest BCUT2D eigenvalue weighted by Gasteiger charge is -2.13. The van der Waals surface area contributed by atoms with E-state index in [1.54, 1.807) is 7.11 Å². The molecule has 7 heteroatoms. The molecule has 2 N–H and O–H groups in total. The third-order valence-electron chi connectivity index (χ3n) is 3.18. The van der Waals surface area contributed by atoms with E-state index in [-0.39, 0.29) is 0 Å².